The average molecular weight is 274 g/mol. The zero-order chi connectivity index (χ0) is 13.2. The van der Waals surface area contributed by atoms with Crippen LogP contribution in [-0.4, -0.2) is 10.9 Å². The van der Waals surface area contributed by atoms with Gasteiger partial charge in [0.2, 0.25) is 0 Å². The van der Waals surface area contributed by atoms with E-state index in [4.69, 9.17) is 4.42 Å². The molecule has 0 spiro atoms. The molecule has 0 unspecified atom stereocenters. The van der Waals surface area contributed by atoms with Gasteiger partial charge in [0, 0.05) is 17.4 Å². The molecule has 0 atom stereocenters. The molecule has 3 nitrogen and oxygen atoms in total. The molecular formula is C15H14O3S. The maximum atomic E-state index is 11.9. The monoisotopic (exact) mass is 274 g/mol. The van der Waals surface area contributed by atoms with Gasteiger partial charge in [0.15, 0.2) is 0 Å². The normalized spacial score (nSPS) is 14.5. The summed E-state index contributed by atoms with van der Waals surface area (Å²) in [6.07, 6.45) is 2.45. The van der Waals surface area contributed by atoms with Gasteiger partial charge in [0.1, 0.15) is 16.4 Å². The molecule has 1 aliphatic rings. The fourth-order valence-corrected chi connectivity index (χ4v) is 2.94. The molecule has 0 saturated heterocycles. The maximum Gasteiger partial charge on any atom is 0.353 e. The summed E-state index contributed by atoms with van der Waals surface area (Å²) in [6, 6.07) is 10.8. The average Bonchev–Trinajstić information content (AvgIpc) is 3.23. The van der Waals surface area contributed by atoms with Crippen molar-refractivity contribution in [3.63, 3.8) is 0 Å². The Bertz CT molecular complexity index is 630. The van der Waals surface area contributed by atoms with Crippen LogP contribution in [0.3, 0.4) is 0 Å². The highest BCUT2D eigenvalue weighted by molar-refractivity contribution is 7.99. The van der Waals surface area contributed by atoms with Crippen LogP contribution in [0.4, 0.5) is 0 Å². The second kappa shape index (κ2) is 5.13. The minimum absolute atomic E-state index is 0.0146. The Morgan fingerprint density at radius 1 is 1.26 bits per heavy atom. The van der Waals surface area contributed by atoms with Crippen LogP contribution in [0.1, 0.15) is 12.8 Å². The minimum atomic E-state index is -0.454. The van der Waals surface area contributed by atoms with Gasteiger partial charge < -0.3 is 9.52 Å². The minimum Gasteiger partial charge on any atom is -0.506 e. The summed E-state index contributed by atoms with van der Waals surface area (Å²) in [4.78, 5) is 12.2. The molecule has 98 valence electrons. The van der Waals surface area contributed by atoms with Crippen molar-refractivity contribution >= 4 is 11.8 Å². The summed E-state index contributed by atoms with van der Waals surface area (Å²) < 4.78 is 5.29. The van der Waals surface area contributed by atoms with E-state index in [9.17, 15) is 9.90 Å². The first-order valence-electron chi connectivity index (χ1n) is 6.29. The Balaban J connectivity index is 1.90. The number of aromatic hydroxyl groups is 1. The smallest absolute Gasteiger partial charge is 0.353 e. The molecule has 0 amide bonds. The van der Waals surface area contributed by atoms with Gasteiger partial charge in [-0.25, -0.2) is 4.79 Å². The fourth-order valence-electron chi connectivity index (χ4n) is 1.83. The van der Waals surface area contributed by atoms with Gasteiger partial charge in [-0.2, -0.15) is 0 Å². The van der Waals surface area contributed by atoms with Gasteiger partial charge >= 0.3 is 5.63 Å². The Labute approximate surface area is 115 Å². The highest BCUT2D eigenvalue weighted by Gasteiger charge is 2.23. The van der Waals surface area contributed by atoms with Crippen molar-refractivity contribution in [1.29, 1.82) is 0 Å². The molecule has 19 heavy (non-hydrogen) atoms. The van der Waals surface area contributed by atoms with Crippen LogP contribution >= 0.6 is 11.8 Å². The third-order valence-electron chi connectivity index (χ3n) is 3.11. The predicted molar refractivity (Wildman–Crippen MR) is 75.5 cm³/mol. The Morgan fingerprint density at radius 3 is 2.63 bits per heavy atom. The molecule has 3 rings (SSSR count). The number of hydrogen-bond donors (Lipinski definition) is 1. The van der Waals surface area contributed by atoms with Crippen LogP contribution in [0.15, 0.2) is 50.5 Å². The molecule has 1 N–H and O–H groups in total. The quantitative estimate of drug-likeness (QED) is 0.867. The van der Waals surface area contributed by atoms with Gasteiger partial charge in [-0.05, 0) is 18.8 Å². The molecule has 0 radical (unpaired) electrons. The van der Waals surface area contributed by atoms with Crippen molar-refractivity contribution in [3.8, 4) is 17.1 Å². The molecule has 0 aliphatic heterocycles. The molecule has 1 aromatic heterocycles. The summed E-state index contributed by atoms with van der Waals surface area (Å²) in [5.41, 5.74) is 0.332. The van der Waals surface area contributed by atoms with E-state index in [1.807, 2.05) is 30.3 Å². The van der Waals surface area contributed by atoms with E-state index in [0.717, 1.165) is 11.3 Å². The first-order valence-corrected chi connectivity index (χ1v) is 7.28. The van der Waals surface area contributed by atoms with Crippen LogP contribution in [0, 0.1) is 5.92 Å². The van der Waals surface area contributed by atoms with Gasteiger partial charge in [0.25, 0.3) is 0 Å². The van der Waals surface area contributed by atoms with Gasteiger partial charge in [-0.1, -0.05) is 30.3 Å². The lowest BCUT2D eigenvalue weighted by molar-refractivity contribution is 0.430. The molecule has 4 heteroatoms. The van der Waals surface area contributed by atoms with E-state index < -0.39 is 5.63 Å². The summed E-state index contributed by atoms with van der Waals surface area (Å²) >= 11 is 1.39. The van der Waals surface area contributed by atoms with Gasteiger partial charge in [-0.3, -0.25) is 0 Å². The van der Waals surface area contributed by atoms with Crippen LogP contribution in [0.25, 0.3) is 11.3 Å². The third kappa shape index (κ3) is 2.84. The highest BCUT2D eigenvalue weighted by Crippen LogP contribution is 2.37. The summed E-state index contributed by atoms with van der Waals surface area (Å²) in [6.45, 7) is 0. The van der Waals surface area contributed by atoms with Crippen LogP contribution < -0.4 is 5.63 Å². The van der Waals surface area contributed by atoms with Crippen LogP contribution in [0.2, 0.25) is 0 Å². The van der Waals surface area contributed by atoms with E-state index in [1.54, 1.807) is 0 Å². The van der Waals surface area contributed by atoms with Crippen molar-refractivity contribution < 1.29 is 9.52 Å². The number of hydrogen-bond acceptors (Lipinski definition) is 4. The van der Waals surface area contributed by atoms with E-state index in [0.29, 0.717) is 16.6 Å². The molecule has 2 aromatic rings. The zero-order valence-electron chi connectivity index (χ0n) is 10.3. The van der Waals surface area contributed by atoms with E-state index in [-0.39, 0.29) is 5.75 Å². The van der Waals surface area contributed by atoms with Gasteiger partial charge in [-0.15, -0.1) is 11.8 Å². The lowest BCUT2D eigenvalue weighted by Gasteiger charge is -2.05. The first-order chi connectivity index (χ1) is 9.24. The highest BCUT2D eigenvalue weighted by atomic mass is 32.2. The summed E-state index contributed by atoms with van der Waals surface area (Å²) in [5, 5.41) is 9.99. The molecule has 1 fully saturated rings. The zero-order valence-corrected chi connectivity index (χ0v) is 11.2. The Hall–Kier alpha value is -1.68. The third-order valence-corrected chi connectivity index (χ3v) is 4.41. The van der Waals surface area contributed by atoms with Gasteiger partial charge in [0.05, 0.1) is 0 Å². The SMILES string of the molecule is O=c1oc(-c2ccccc2)cc(O)c1SCC1CC1. The second-order valence-corrected chi connectivity index (χ2v) is 5.76. The molecule has 1 heterocycles. The second-order valence-electron chi connectivity index (χ2n) is 4.73. The maximum absolute atomic E-state index is 11.9. The van der Waals surface area contributed by atoms with E-state index >= 15 is 0 Å². The first kappa shape index (κ1) is 12.4. The number of thioether (sulfide) groups is 1. The molecule has 1 saturated carbocycles. The topological polar surface area (TPSA) is 50.4 Å². The van der Waals surface area contributed by atoms with E-state index in [1.165, 1.54) is 30.7 Å². The van der Waals surface area contributed by atoms with Crippen molar-refractivity contribution in [2.24, 2.45) is 5.92 Å². The summed E-state index contributed by atoms with van der Waals surface area (Å²) in [7, 11) is 0. The van der Waals surface area contributed by atoms with E-state index in [2.05, 4.69) is 0 Å². The van der Waals surface area contributed by atoms with Crippen LogP contribution in [-0.2, 0) is 0 Å². The summed E-state index contributed by atoms with van der Waals surface area (Å²) in [5.74, 6) is 1.99. The standard InChI is InChI=1S/C15H14O3S/c16-12-8-13(11-4-2-1-3-5-11)18-15(17)14(12)19-9-10-6-7-10/h1-5,8,10,16H,6-7,9H2. The lowest BCUT2D eigenvalue weighted by Crippen LogP contribution is -2.03. The largest absolute Gasteiger partial charge is 0.506 e. The predicted octanol–water partition coefficient (Wildman–Crippen LogP) is 3.51. The molecule has 1 aliphatic carbocycles. The van der Waals surface area contributed by atoms with Crippen LogP contribution in [0.5, 0.6) is 5.75 Å². The van der Waals surface area contributed by atoms with Crippen molar-refractivity contribution in [2.75, 3.05) is 5.75 Å². The van der Waals surface area contributed by atoms with Crippen molar-refractivity contribution in [3.05, 3.63) is 46.8 Å². The Morgan fingerprint density at radius 2 is 2.00 bits per heavy atom. The van der Waals surface area contributed by atoms with Crippen molar-refractivity contribution in [1.82, 2.24) is 0 Å². The number of benzene rings is 1. The molecule has 0 bridgehead atoms. The Kier molecular flexibility index (Phi) is 3.34. The van der Waals surface area contributed by atoms with Crippen molar-refractivity contribution in [2.45, 2.75) is 17.7 Å². The molecular weight excluding hydrogens is 260 g/mol. The lowest BCUT2D eigenvalue weighted by atomic mass is 10.1. The number of rotatable bonds is 4. The molecule has 1 aromatic carbocycles. The fraction of sp³-hybridized carbons (Fsp3) is 0.267.